The standard InChI is InChI=1S/C13H8F3N3/c14-13(15,16)9-3-1-4-10-11(9)8(7-19-10)12-17-5-2-6-18-12/h1-7,19H. The highest BCUT2D eigenvalue weighted by molar-refractivity contribution is 5.96. The Bertz CT molecular complexity index is 717. The second-order valence-electron chi connectivity index (χ2n) is 4.00. The molecule has 1 N–H and O–H groups in total. The molecule has 1 aromatic carbocycles. The smallest absolute Gasteiger partial charge is 0.360 e. The van der Waals surface area contributed by atoms with Crippen molar-refractivity contribution in [1.82, 2.24) is 15.0 Å². The lowest BCUT2D eigenvalue weighted by molar-refractivity contribution is -0.136. The summed E-state index contributed by atoms with van der Waals surface area (Å²) in [7, 11) is 0. The highest BCUT2D eigenvalue weighted by Gasteiger charge is 2.34. The molecule has 19 heavy (non-hydrogen) atoms. The number of nitrogens with zero attached hydrogens (tertiary/aromatic N) is 2. The van der Waals surface area contributed by atoms with Gasteiger partial charge >= 0.3 is 6.18 Å². The quantitative estimate of drug-likeness (QED) is 0.728. The van der Waals surface area contributed by atoms with Crippen LogP contribution in [0.5, 0.6) is 0 Å². The number of rotatable bonds is 1. The van der Waals surface area contributed by atoms with E-state index in [1.807, 2.05) is 0 Å². The molecule has 0 bridgehead atoms. The number of hydrogen-bond acceptors (Lipinski definition) is 2. The van der Waals surface area contributed by atoms with Gasteiger partial charge in [0, 0.05) is 35.1 Å². The maximum atomic E-state index is 13.0. The fourth-order valence-electron chi connectivity index (χ4n) is 2.04. The minimum Gasteiger partial charge on any atom is -0.360 e. The summed E-state index contributed by atoms with van der Waals surface area (Å²) in [4.78, 5) is 10.8. The average molecular weight is 263 g/mol. The predicted octanol–water partition coefficient (Wildman–Crippen LogP) is 3.64. The van der Waals surface area contributed by atoms with Crippen molar-refractivity contribution in [2.24, 2.45) is 0 Å². The number of fused-ring (bicyclic) bond motifs is 1. The van der Waals surface area contributed by atoms with E-state index in [0.717, 1.165) is 6.07 Å². The van der Waals surface area contributed by atoms with Crippen LogP contribution in [0.3, 0.4) is 0 Å². The molecule has 3 nitrogen and oxygen atoms in total. The lowest BCUT2D eigenvalue weighted by Crippen LogP contribution is -2.05. The monoisotopic (exact) mass is 263 g/mol. The summed E-state index contributed by atoms with van der Waals surface area (Å²) >= 11 is 0. The summed E-state index contributed by atoms with van der Waals surface area (Å²) in [6.07, 6.45) is 0.0786. The minimum atomic E-state index is -4.41. The van der Waals surface area contributed by atoms with E-state index in [4.69, 9.17) is 0 Å². The van der Waals surface area contributed by atoms with Gasteiger partial charge < -0.3 is 4.98 Å². The van der Waals surface area contributed by atoms with E-state index in [9.17, 15) is 13.2 Å². The van der Waals surface area contributed by atoms with Crippen molar-refractivity contribution >= 4 is 10.9 Å². The van der Waals surface area contributed by atoms with Crippen molar-refractivity contribution in [2.75, 3.05) is 0 Å². The molecule has 0 fully saturated rings. The fraction of sp³-hybridized carbons (Fsp3) is 0.0769. The Morgan fingerprint density at radius 2 is 1.74 bits per heavy atom. The van der Waals surface area contributed by atoms with Crippen LogP contribution >= 0.6 is 0 Å². The van der Waals surface area contributed by atoms with Crippen LogP contribution < -0.4 is 0 Å². The van der Waals surface area contributed by atoms with E-state index in [1.165, 1.54) is 24.7 Å². The maximum Gasteiger partial charge on any atom is 0.417 e. The maximum absolute atomic E-state index is 13.0. The van der Waals surface area contributed by atoms with Crippen LogP contribution in [-0.2, 0) is 6.18 Å². The van der Waals surface area contributed by atoms with Crippen molar-refractivity contribution in [1.29, 1.82) is 0 Å². The number of benzene rings is 1. The molecule has 2 aromatic heterocycles. The largest absolute Gasteiger partial charge is 0.417 e. The van der Waals surface area contributed by atoms with E-state index in [2.05, 4.69) is 15.0 Å². The first-order valence-corrected chi connectivity index (χ1v) is 5.52. The van der Waals surface area contributed by atoms with Crippen LogP contribution in [0.25, 0.3) is 22.3 Å². The number of H-pyrrole nitrogens is 1. The van der Waals surface area contributed by atoms with Crippen LogP contribution in [0.15, 0.2) is 42.9 Å². The Labute approximate surface area is 106 Å². The first-order valence-electron chi connectivity index (χ1n) is 5.52. The van der Waals surface area contributed by atoms with E-state index in [-0.39, 0.29) is 11.2 Å². The fourth-order valence-corrected chi connectivity index (χ4v) is 2.04. The van der Waals surface area contributed by atoms with Gasteiger partial charge in [0.1, 0.15) is 0 Å². The van der Waals surface area contributed by atoms with Gasteiger partial charge in [-0.1, -0.05) is 6.07 Å². The van der Waals surface area contributed by atoms with Gasteiger partial charge in [-0.25, -0.2) is 9.97 Å². The Balaban J connectivity index is 2.33. The molecule has 0 aliphatic carbocycles. The zero-order valence-corrected chi connectivity index (χ0v) is 9.57. The molecule has 6 heteroatoms. The second kappa shape index (κ2) is 4.08. The third-order valence-electron chi connectivity index (χ3n) is 2.82. The normalized spacial score (nSPS) is 11.9. The molecule has 0 atom stereocenters. The highest BCUT2D eigenvalue weighted by atomic mass is 19.4. The summed E-state index contributed by atoms with van der Waals surface area (Å²) in [6.45, 7) is 0. The molecule has 3 rings (SSSR count). The van der Waals surface area contributed by atoms with Crippen LogP contribution in [0.2, 0.25) is 0 Å². The number of halogens is 3. The molecule has 0 radical (unpaired) electrons. The van der Waals surface area contributed by atoms with E-state index >= 15 is 0 Å². The van der Waals surface area contributed by atoms with Crippen LogP contribution in [-0.4, -0.2) is 15.0 Å². The number of aromatic nitrogens is 3. The molecule has 0 spiro atoms. The first kappa shape index (κ1) is 11.7. The van der Waals surface area contributed by atoms with Gasteiger partial charge in [-0.3, -0.25) is 0 Å². The van der Waals surface area contributed by atoms with E-state index in [0.29, 0.717) is 11.1 Å². The van der Waals surface area contributed by atoms with Gasteiger partial charge in [-0.2, -0.15) is 13.2 Å². The number of hydrogen-bond donors (Lipinski definition) is 1. The molecular formula is C13H8F3N3. The molecule has 0 aliphatic rings. The van der Waals surface area contributed by atoms with Gasteiger partial charge in [0.05, 0.1) is 5.56 Å². The van der Waals surface area contributed by atoms with Crippen molar-refractivity contribution < 1.29 is 13.2 Å². The van der Waals surface area contributed by atoms with E-state index in [1.54, 1.807) is 12.1 Å². The van der Waals surface area contributed by atoms with Gasteiger partial charge in [-0.15, -0.1) is 0 Å². The SMILES string of the molecule is FC(F)(F)c1cccc2[nH]cc(-c3ncccn3)c12. The predicted molar refractivity (Wildman–Crippen MR) is 64.3 cm³/mol. The molecule has 96 valence electrons. The molecule has 3 aromatic rings. The molecule has 0 aliphatic heterocycles. The van der Waals surface area contributed by atoms with E-state index < -0.39 is 11.7 Å². The number of alkyl halides is 3. The topological polar surface area (TPSA) is 41.6 Å². The van der Waals surface area contributed by atoms with Crippen molar-refractivity contribution in [3.05, 3.63) is 48.4 Å². The van der Waals surface area contributed by atoms with Crippen LogP contribution in [0, 0.1) is 0 Å². The van der Waals surface area contributed by atoms with Crippen molar-refractivity contribution in [2.45, 2.75) is 6.18 Å². The van der Waals surface area contributed by atoms with Crippen molar-refractivity contribution in [3.63, 3.8) is 0 Å². The molecule has 0 saturated carbocycles. The van der Waals surface area contributed by atoms with Crippen LogP contribution in [0.1, 0.15) is 5.56 Å². The second-order valence-corrected chi connectivity index (χ2v) is 4.00. The van der Waals surface area contributed by atoms with Gasteiger partial charge in [0.15, 0.2) is 5.82 Å². The Morgan fingerprint density at radius 3 is 2.42 bits per heavy atom. The summed E-state index contributed by atoms with van der Waals surface area (Å²) in [5.74, 6) is 0.269. The number of aromatic amines is 1. The summed E-state index contributed by atoms with van der Waals surface area (Å²) in [6, 6.07) is 5.64. The Morgan fingerprint density at radius 1 is 1.00 bits per heavy atom. The molecule has 0 unspecified atom stereocenters. The third kappa shape index (κ3) is 1.95. The number of nitrogens with one attached hydrogen (secondary N) is 1. The Kier molecular flexibility index (Phi) is 2.51. The lowest BCUT2D eigenvalue weighted by Gasteiger charge is -2.09. The molecule has 0 amide bonds. The lowest BCUT2D eigenvalue weighted by atomic mass is 10.1. The summed E-state index contributed by atoms with van der Waals surface area (Å²) in [5, 5.41) is 0.0983. The minimum absolute atomic E-state index is 0.0983. The molecule has 2 heterocycles. The van der Waals surface area contributed by atoms with Crippen molar-refractivity contribution in [3.8, 4) is 11.4 Å². The average Bonchev–Trinajstić information content (AvgIpc) is 2.82. The zero-order chi connectivity index (χ0) is 13.5. The summed E-state index contributed by atoms with van der Waals surface area (Å²) in [5.41, 5.74) is 0.0782. The summed E-state index contributed by atoms with van der Waals surface area (Å²) < 4.78 is 39.1. The molecular weight excluding hydrogens is 255 g/mol. The van der Waals surface area contributed by atoms with Gasteiger partial charge in [-0.05, 0) is 18.2 Å². The highest BCUT2D eigenvalue weighted by Crippen LogP contribution is 2.38. The molecule has 0 saturated heterocycles. The zero-order valence-electron chi connectivity index (χ0n) is 9.57. The third-order valence-corrected chi connectivity index (χ3v) is 2.82. The van der Waals surface area contributed by atoms with Gasteiger partial charge in [0.25, 0.3) is 0 Å². The van der Waals surface area contributed by atoms with Crippen LogP contribution in [0.4, 0.5) is 13.2 Å². The van der Waals surface area contributed by atoms with Gasteiger partial charge in [0.2, 0.25) is 0 Å². The Hall–Kier alpha value is -2.37. The first-order chi connectivity index (χ1) is 9.07.